The Morgan fingerprint density at radius 3 is 2.02 bits per heavy atom. The average molecular weight is 587 g/mol. The standard InChI is InChI=1S/C45H30O/c1-45(2)40-25-32(34-15-8-16-42-43(34)37-22-19-28-10-5-6-13-35(28)44(37)46-42)20-21-36(40)39-24-30-12-7-14-33(38(30)26-41(39)45)31-18-17-27-9-3-4-11-29(27)23-31/h3-26H,1-2H3. The van der Waals surface area contributed by atoms with E-state index in [-0.39, 0.29) is 5.41 Å². The van der Waals surface area contributed by atoms with Gasteiger partial charge in [-0.25, -0.2) is 0 Å². The van der Waals surface area contributed by atoms with E-state index in [1.165, 1.54) is 82.2 Å². The van der Waals surface area contributed by atoms with Gasteiger partial charge >= 0.3 is 0 Å². The fourth-order valence-electron chi connectivity index (χ4n) is 8.08. The molecule has 1 aromatic heterocycles. The quantitative estimate of drug-likeness (QED) is 0.196. The molecule has 0 radical (unpaired) electrons. The minimum atomic E-state index is -0.145. The van der Waals surface area contributed by atoms with Crippen LogP contribution in [0.1, 0.15) is 25.0 Å². The second kappa shape index (κ2) is 9.19. The Morgan fingerprint density at radius 2 is 1.11 bits per heavy atom. The number of fused-ring (bicyclic) bond motifs is 10. The molecule has 0 aliphatic heterocycles. The molecule has 0 spiro atoms. The molecule has 0 fully saturated rings. The van der Waals surface area contributed by atoms with Crippen molar-refractivity contribution in [3.8, 4) is 33.4 Å². The highest BCUT2D eigenvalue weighted by Crippen LogP contribution is 2.52. The van der Waals surface area contributed by atoms with Gasteiger partial charge in [0.25, 0.3) is 0 Å². The van der Waals surface area contributed by atoms with Crippen LogP contribution in [0.5, 0.6) is 0 Å². The maximum absolute atomic E-state index is 6.53. The lowest BCUT2D eigenvalue weighted by Crippen LogP contribution is -2.15. The van der Waals surface area contributed by atoms with Crippen LogP contribution in [0.25, 0.3) is 87.6 Å². The molecular weight excluding hydrogens is 556 g/mol. The molecule has 216 valence electrons. The summed E-state index contributed by atoms with van der Waals surface area (Å²) in [7, 11) is 0. The number of rotatable bonds is 2. The van der Waals surface area contributed by atoms with Crippen LogP contribution in [0.2, 0.25) is 0 Å². The normalized spacial score (nSPS) is 13.6. The molecule has 10 rings (SSSR count). The third-order valence-electron chi connectivity index (χ3n) is 10.4. The molecule has 0 N–H and O–H groups in total. The van der Waals surface area contributed by atoms with E-state index in [9.17, 15) is 0 Å². The fraction of sp³-hybridized carbons (Fsp3) is 0.0667. The van der Waals surface area contributed by atoms with Crippen molar-refractivity contribution >= 4 is 54.3 Å². The van der Waals surface area contributed by atoms with Crippen molar-refractivity contribution in [3.05, 3.63) is 157 Å². The van der Waals surface area contributed by atoms with Gasteiger partial charge in [0.15, 0.2) is 0 Å². The molecule has 0 bridgehead atoms. The highest BCUT2D eigenvalue weighted by Gasteiger charge is 2.36. The van der Waals surface area contributed by atoms with Crippen molar-refractivity contribution < 1.29 is 4.42 Å². The summed E-state index contributed by atoms with van der Waals surface area (Å²) in [4.78, 5) is 0. The predicted molar refractivity (Wildman–Crippen MR) is 195 cm³/mol. The zero-order valence-electron chi connectivity index (χ0n) is 25.8. The summed E-state index contributed by atoms with van der Waals surface area (Å²) in [6.07, 6.45) is 0. The molecule has 0 atom stereocenters. The van der Waals surface area contributed by atoms with Gasteiger partial charge in [0.05, 0.1) is 0 Å². The summed E-state index contributed by atoms with van der Waals surface area (Å²) < 4.78 is 6.53. The van der Waals surface area contributed by atoms with Crippen molar-refractivity contribution in [2.75, 3.05) is 0 Å². The monoisotopic (exact) mass is 586 g/mol. The van der Waals surface area contributed by atoms with Crippen LogP contribution in [0, 0.1) is 0 Å². The van der Waals surface area contributed by atoms with Crippen LogP contribution in [0.3, 0.4) is 0 Å². The first-order valence-corrected chi connectivity index (χ1v) is 16.1. The Labute approximate surface area is 267 Å². The SMILES string of the molecule is CC1(C)c2cc(-c3cccc4oc5c6ccccc6ccc5c34)ccc2-c2cc3cccc(-c4ccc5ccccc5c4)c3cc21. The van der Waals surface area contributed by atoms with E-state index in [1.54, 1.807) is 0 Å². The highest BCUT2D eigenvalue weighted by atomic mass is 16.3. The second-order valence-corrected chi connectivity index (χ2v) is 13.3. The maximum atomic E-state index is 6.53. The van der Waals surface area contributed by atoms with Crippen LogP contribution in [-0.4, -0.2) is 0 Å². The van der Waals surface area contributed by atoms with Crippen molar-refractivity contribution in [1.82, 2.24) is 0 Å². The number of furan rings is 1. The molecular formula is C45H30O. The van der Waals surface area contributed by atoms with E-state index in [1.807, 2.05) is 0 Å². The van der Waals surface area contributed by atoms with Gasteiger partial charge in [-0.2, -0.15) is 0 Å². The van der Waals surface area contributed by atoms with Crippen LogP contribution in [0.15, 0.2) is 150 Å². The van der Waals surface area contributed by atoms with Crippen LogP contribution >= 0.6 is 0 Å². The van der Waals surface area contributed by atoms with Gasteiger partial charge in [0.1, 0.15) is 11.2 Å². The fourth-order valence-corrected chi connectivity index (χ4v) is 8.08. The van der Waals surface area contributed by atoms with Gasteiger partial charge in [-0.15, -0.1) is 0 Å². The molecule has 46 heavy (non-hydrogen) atoms. The number of hydrogen-bond donors (Lipinski definition) is 0. The Kier molecular flexibility index (Phi) is 5.12. The first-order valence-electron chi connectivity index (χ1n) is 16.1. The molecule has 1 aliphatic rings. The minimum absolute atomic E-state index is 0.145. The van der Waals surface area contributed by atoms with Crippen molar-refractivity contribution in [2.45, 2.75) is 19.3 Å². The molecule has 0 saturated heterocycles. The minimum Gasteiger partial charge on any atom is -0.455 e. The zero-order chi connectivity index (χ0) is 30.6. The summed E-state index contributed by atoms with van der Waals surface area (Å²) in [6, 6.07) is 53.5. The maximum Gasteiger partial charge on any atom is 0.143 e. The van der Waals surface area contributed by atoms with Crippen LogP contribution in [0.4, 0.5) is 0 Å². The predicted octanol–water partition coefficient (Wildman–Crippen LogP) is 12.7. The number of benzene rings is 8. The molecule has 0 amide bonds. The molecule has 1 heteroatoms. The van der Waals surface area contributed by atoms with E-state index in [0.717, 1.165) is 16.6 Å². The Hall–Kier alpha value is -5.66. The van der Waals surface area contributed by atoms with E-state index in [0.29, 0.717) is 0 Å². The molecule has 1 aliphatic carbocycles. The van der Waals surface area contributed by atoms with Gasteiger partial charge < -0.3 is 4.42 Å². The molecule has 0 saturated carbocycles. The lowest BCUT2D eigenvalue weighted by Gasteiger charge is -2.23. The summed E-state index contributed by atoms with van der Waals surface area (Å²) in [5.41, 5.74) is 12.2. The van der Waals surface area contributed by atoms with E-state index in [2.05, 4.69) is 159 Å². The van der Waals surface area contributed by atoms with Gasteiger partial charge in [-0.05, 0) is 108 Å². The van der Waals surface area contributed by atoms with Crippen LogP contribution < -0.4 is 0 Å². The van der Waals surface area contributed by atoms with Crippen molar-refractivity contribution in [1.29, 1.82) is 0 Å². The van der Waals surface area contributed by atoms with Gasteiger partial charge in [-0.1, -0.05) is 123 Å². The Bertz CT molecular complexity index is 2720. The second-order valence-electron chi connectivity index (χ2n) is 13.3. The summed E-state index contributed by atoms with van der Waals surface area (Å²) >= 11 is 0. The lowest BCUT2D eigenvalue weighted by atomic mass is 9.80. The van der Waals surface area contributed by atoms with Crippen molar-refractivity contribution in [2.24, 2.45) is 0 Å². The van der Waals surface area contributed by atoms with E-state index >= 15 is 0 Å². The molecule has 9 aromatic rings. The van der Waals surface area contributed by atoms with Crippen LogP contribution in [-0.2, 0) is 5.41 Å². The number of hydrogen-bond acceptors (Lipinski definition) is 1. The molecule has 1 nitrogen and oxygen atoms in total. The zero-order valence-corrected chi connectivity index (χ0v) is 25.8. The highest BCUT2D eigenvalue weighted by molar-refractivity contribution is 6.19. The largest absolute Gasteiger partial charge is 0.455 e. The summed E-state index contributed by atoms with van der Waals surface area (Å²) in [6.45, 7) is 4.76. The molecule has 0 unspecified atom stereocenters. The first kappa shape index (κ1) is 25.6. The topological polar surface area (TPSA) is 13.1 Å². The van der Waals surface area contributed by atoms with Gasteiger partial charge in [0, 0.05) is 21.6 Å². The van der Waals surface area contributed by atoms with E-state index < -0.39 is 0 Å². The summed E-state index contributed by atoms with van der Waals surface area (Å²) in [5, 5.41) is 9.83. The third kappa shape index (κ3) is 3.51. The van der Waals surface area contributed by atoms with E-state index in [4.69, 9.17) is 4.42 Å². The molecule has 8 aromatic carbocycles. The Balaban J connectivity index is 1.14. The smallest absolute Gasteiger partial charge is 0.143 e. The molecule has 1 heterocycles. The average Bonchev–Trinajstić information content (AvgIpc) is 3.59. The first-order chi connectivity index (χ1) is 22.5. The van der Waals surface area contributed by atoms with Gasteiger partial charge in [0.2, 0.25) is 0 Å². The van der Waals surface area contributed by atoms with Gasteiger partial charge in [-0.3, -0.25) is 0 Å². The summed E-state index contributed by atoms with van der Waals surface area (Å²) in [5.74, 6) is 0. The Morgan fingerprint density at radius 1 is 0.413 bits per heavy atom. The van der Waals surface area contributed by atoms with Crippen molar-refractivity contribution in [3.63, 3.8) is 0 Å². The third-order valence-corrected chi connectivity index (χ3v) is 10.4. The lowest BCUT2D eigenvalue weighted by molar-refractivity contribution is 0.661.